The number of aliphatic hydroxyl groups is 1. The Hall–Kier alpha value is -1.26. The van der Waals surface area contributed by atoms with Gasteiger partial charge in [0, 0.05) is 29.9 Å². The smallest absolute Gasteiger partial charge is 0.165 e. The molecular formula is C32H42O4. The van der Waals surface area contributed by atoms with Gasteiger partial charge in [-0.2, -0.15) is 0 Å². The third-order valence-corrected chi connectivity index (χ3v) is 14.3. The average molecular weight is 491 g/mol. The van der Waals surface area contributed by atoms with Gasteiger partial charge in [-0.3, -0.25) is 0 Å². The van der Waals surface area contributed by atoms with Crippen LogP contribution in [0, 0.1) is 51.2 Å². The zero-order chi connectivity index (χ0) is 24.8. The Balaban J connectivity index is 1.31. The van der Waals surface area contributed by atoms with Crippen LogP contribution < -0.4 is 4.74 Å². The molecule has 194 valence electrons. The summed E-state index contributed by atoms with van der Waals surface area (Å²) >= 11 is 0. The van der Waals surface area contributed by atoms with Crippen molar-refractivity contribution in [3.63, 3.8) is 0 Å². The van der Waals surface area contributed by atoms with Gasteiger partial charge >= 0.3 is 0 Å². The minimum atomic E-state index is -0.878. The van der Waals surface area contributed by atoms with Crippen molar-refractivity contribution < 1.29 is 19.7 Å². The van der Waals surface area contributed by atoms with Gasteiger partial charge in [0.05, 0.1) is 5.60 Å². The lowest BCUT2D eigenvalue weighted by molar-refractivity contribution is -0.315. The SMILES string of the molecule is COC12CCC3(CC1C(C)(O)C(C)(C)C)C1[C@H](CC4CC4)C[C@@]14Cc1ccc(O)c5c1[C@@H]1[C@@H]4C13C2O5. The number of fused-ring (bicyclic) bond motifs is 2. The Morgan fingerprint density at radius 3 is 2.56 bits per heavy atom. The summed E-state index contributed by atoms with van der Waals surface area (Å²) in [5.74, 6) is 4.80. The highest BCUT2D eigenvalue weighted by Crippen LogP contribution is 3.01. The molecular weight excluding hydrogens is 448 g/mol. The first-order valence-corrected chi connectivity index (χ1v) is 14.8. The van der Waals surface area contributed by atoms with Crippen molar-refractivity contribution in [3.05, 3.63) is 23.3 Å². The number of ether oxygens (including phenoxy) is 2. The van der Waals surface area contributed by atoms with Gasteiger partial charge < -0.3 is 19.7 Å². The maximum Gasteiger partial charge on any atom is 0.165 e. The van der Waals surface area contributed by atoms with E-state index in [2.05, 4.69) is 33.8 Å². The highest BCUT2D eigenvalue weighted by atomic mass is 16.6. The Kier molecular flexibility index (Phi) is 3.42. The van der Waals surface area contributed by atoms with Gasteiger partial charge in [-0.25, -0.2) is 0 Å². The Morgan fingerprint density at radius 2 is 1.86 bits per heavy atom. The van der Waals surface area contributed by atoms with Crippen LogP contribution in [0.25, 0.3) is 0 Å². The molecule has 4 heteroatoms. The highest BCUT2D eigenvalue weighted by Gasteiger charge is 2.99. The molecule has 1 aromatic rings. The molecule has 4 nitrogen and oxygen atoms in total. The predicted octanol–water partition coefficient (Wildman–Crippen LogP) is 5.83. The van der Waals surface area contributed by atoms with Crippen molar-refractivity contribution in [2.75, 3.05) is 7.11 Å². The summed E-state index contributed by atoms with van der Waals surface area (Å²) in [5, 5.41) is 23.4. The maximum atomic E-state index is 12.3. The number of phenolic OH excluding ortho intramolecular Hbond substituents is 1. The second kappa shape index (κ2) is 5.69. The van der Waals surface area contributed by atoms with Crippen LogP contribution in [0.3, 0.4) is 0 Å². The lowest BCUT2D eigenvalue weighted by Gasteiger charge is -2.73. The number of methoxy groups -OCH3 is 1. The van der Waals surface area contributed by atoms with E-state index in [0.29, 0.717) is 23.0 Å². The predicted molar refractivity (Wildman–Crippen MR) is 136 cm³/mol. The molecule has 1 aliphatic heterocycles. The number of rotatable bonds is 4. The molecule has 3 spiro atoms. The Labute approximate surface area is 215 Å². The van der Waals surface area contributed by atoms with Gasteiger partial charge in [0.2, 0.25) is 0 Å². The van der Waals surface area contributed by atoms with Gasteiger partial charge in [0.1, 0.15) is 11.7 Å². The molecule has 0 amide bonds. The lowest BCUT2D eigenvalue weighted by Crippen LogP contribution is -2.77. The van der Waals surface area contributed by atoms with Crippen LogP contribution >= 0.6 is 0 Å². The third kappa shape index (κ3) is 1.84. The number of aromatic hydroxyl groups is 1. The van der Waals surface area contributed by atoms with Gasteiger partial charge in [0.15, 0.2) is 11.5 Å². The molecule has 2 N–H and O–H groups in total. The van der Waals surface area contributed by atoms with E-state index in [9.17, 15) is 10.2 Å². The largest absolute Gasteiger partial charge is 0.504 e. The molecule has 1 heterocycles. The van der Waals surface area contributed by atoms with Crippen molar-refractivity contribution in [1.29, 1.82) is 0 Å². The summed E-state index contributed by atoms with van der Waals surface area (Å²) in [6.07, 6.45) is 10.0. The minimum Gasteiger partial charge on any atom is -0.504 e. The van der Waals surface area contributed by atoms with E-state index >= 15 is 0 Å². The summed E-state index contributed by atoms with van der Waals surface area (Å²) in [5.41, 5.74) is 1.88. The van der Waals surface area contributed by atoms with E-state index < -0.39 is 11.2 Å². The van der Waals surface area contributed by atoms with E-state index in [1.54, 1.807) is 0 Å². The first-order chi connectivity index (χ1) is 17.0. The zero-order valence-electron chi connectivity index (χ0n) is 22.6. The van der Waals surface area contributed by atoms with Crippen molar-refractivity contribution >= 4 is 0 Å². The summed E-state index contributed by atoms with van der Waals surface area (Å²) in [4.78, 5) is 0. The lowest BCUT2D eigenvalue weighted by atomic mass is 9.34. The number of phenols is 1. The number of hydrogen-bond donors (Lipinski definition) is 2. The van der Waals surface area contributed by atoms with Gasteiger partial charge in [-0.1, -0.05) is 39.7 Å². The standard InChI is InChI=1S/C32H42O4/c1-27(2,3)28(4,34)20-15-30-10-11-31(20,35-5)26-32(30)22-21-17(8-9-19(33)23(21)36-26)13-29(25(22)32)14-18(24(29)30)12-16-6-7-16/h8-9,16,18,20,22,24-26,33-34H,6-7,10-15H2,1-5H3/t18-,20?,22-,24?,25+,26?,28?,29+,30?,31?,32?/m1/s1. The molecule has 7 unspecified atom stereocenters. The highest BCUT2D eigenvalue weighted by molar-refractivity contribution is 5.65. The molecule has 1 aromatic carbocycles. The van der Waals surface area contributed by atoms with E-state index in [0.717, 1.165) is 36.3 Å². The summed E-state index contributed by atoms with van der Waals surface area (Å²) < 4.78 is 13.8. The summed E-state index contributed by atoms with van der Waals surface area (Å²) in [6, 6.07) is 4.10. The van der Waals surface area contributed by atoms with Crippen LogP contribution in [0.4, 0.5) is 0 Å². The van der Waals surface area contributed by atoms with Crippen molar-refractivity contribution in [1.82, 2.24) is 0 Å². The van der Waals surface area contributed by atoms with Crippen LogP contribution in [-0.4, -0.2) is 34.6 Å². The Morgan fingerprint density at radius 1 is 1.08 bits per heavy atom. The van der Waals surface area contributed by atoms with Gasteiger partial charge in [-0.05, 0) is 97.0 Å². The molecule has 36 heavy (non-hydrogen) atoms. The molecule has 9 aliphatic rings. The van der Waals surface area contributed by atoms with Crippen LogP contribution in [-0.2, 0) is 11.2 Å². The van der Waals surface area contributed by atoms with Crippen molar-refractivity contribution in [2.24, 2.45) is 51.2 Å². The van der Waals surface area contributed by atoms with Gasteiger partial charge in [0.25, 0.3) is 0 Å². The van der Waals surface area contributed by atoms with E-state index in [1.807, 2.05) is 13.2 Å². The monoisotopic (exact) mass is 490 g/mol. The first kappa shape index (κ1) is 21.6. The second-order valence-corrected chi connectivity index (χ2v) is 15.9. The van der Waals surface area contributed by atoms with Crippen molar-refractivity contribution in [2.45, 2.75) is 102 Å². The molecule has 10 rings (SSSR count). The summed E-state index contributed by atoms with van der Waals surface area (Å²) in [7, 11) is 1.87. The molecule has 7 saturated carbocycles. The minimum absolute atomic E-state index is 0.0190. The van der Waals surface area contributed by atoms with Crippen LogP contribution in [0.5, 0.6) is 11.5 Å². The normalized spacial score (nSPS) is 53.6. The van der Waals surface area contributed by atoms with Crippen LogP contribution in [0.1, 0.15) is 89.7 Å². The second-order valence-electron chi connectivity index (χ2n) is 15.9. The molecule has 0 saturated heterocycles. The van der Waals surface area contributed by atoms with Crippen LogP contribution in [0.2, 0.25) is 0 Å². The average Bonchev–Trinajstić information content (AvgIpc) is 3.73. The quantitative estimate of drug-likeness (QED) is 0.558. The van der Waals surface area contributed by atoms with Crippen LogP contribution in [0.15, 0.2) is 12.1 Å². The fourth-order valence-corrected chi connectivity index (χ4v) is 12.8. The molecule has 11 atom stereocenters. The number of hydrogen-bond acceptors (Lipinski definition) is 4. The fourth-order valence-electron chi connectivity index (χ4n) is 12.8. The van der Waals surface area contributed by atoms with Gasteiger partial charge in [-0.15, -0.1) is 0 Å². The maximum absolute atomic E-state index is 12.3. The van der Waals surface area contributed by atoms with E-state index in [-0.39, 0.29) is 28.3 Å². The zero-order valence-corrected chi connectivity index (χ0v) is 22.6. The molecule has 2 bridgehead atoms. The molecule has 0 aromatic heterocycles. The van der Waals surface area contributed by atoms with E-state index in [4.69, 9.17) is 9.47 Å². The molecule has 8 aliphatic carbocycles. The topological polar surface area (TPSA) is 58.9 Å². The first-order valence-electron chi connectivity index (χ1n) is 14.8. The van der Waals surface area contributed by atoms with Crippen molar-refractivity contribution in [3.8, 4) is 11.5 Å². The third-order valence-electron chi connectivity index (χ3n) is 14.3. The van der Waals surface area contributed by atoms with E-state index in [1.165, 1.54) is 49.7 Å². The Bertz CT molecular complexity index is 1230. The molecule has 0 radical (unpaired) electrons. The number of benzene rings is 1. The fraction of sp³-hybridized carbons (Fsp3) is 0.812. The molecule has 7 fully saturated rings. The summed E-state index contributed by atoms with van der Waals surface area (Å²) in [6.45, 7) is 8.63.